The molecule has 2 fully saturated rings. The molecule has 0 unspecified atom stereocenters. The zero-order valence-corrected chi connectivity index (χ0v) is 21.8. The average molecular weight is 445 g/mol. The molecule has 2 heterocycles. The third-order valence-electron chi connectivity index (χ3n) is 7.36. The number of rotatable bonds is 4. The first-order valence-corrected chi connectivity index (χ1v) is 16.2. The zero-order chi connectivity index (χ0) is 23.2. The number of carbonyl (C=O) groups excluding carboxylic acids is 2. The van der Waals surface area contributed by atoms with Crippen molar-refractivity contribution in [2.24, 2.45) is 0 Å². The first-order valence-electron chi connectivity index (χ1n) is 10.3. The van der Waals surface area contributed by atoms with Crippen molar-refractivity contribution in [3.05, 3.63) is 0 Å². The third kappa shape index (κ3) is 4.77. The lowest BCUT2D eigenvalue weighted by atomic mass is 10.1. The Kier molecular flexibility index (Phi) is 7.26. The first-order chi connectivity index (χ1) is 12.8. The second-order valence-corrected chi connectivity index (χ2v) is 21.4. The Hall–Kier alpha value is -1.20. The molecule has 0 bridgehead atoms. The van der Waals surface area contributed by atoms with Crippen molar-refractivity contribution in [3.8, 4) is 0 Å². The number of hydrogen-bond acceptors (Lipinski definition) is 4. The van der Waals surface area contributed by atoms with E-state index in [1.54, 1.807) is 4.57 Å². The number of carboxylic acids is 1. The number of carboxylic acid groups (broad SMARTS) is 1. The van der Waals surface area contributed by atoms with E-state index >= 15 is 0 Å². The molecular formula is C20H40N2O5Si2. The van der Waals surface area contributed by atoms with Crippen LogP contribution >= 0.6 is 0 Å². The second-order valence-electron chi connectivity index (χ2n) is 11.2. The van der Waals surface area contributed by atoms with Crippen molar-refractivity contribution in [1.82, 2.24) is 9.13 Å². The van der Waals surface area contributed by atoms with Crippen LogP contribution in [0.25, 0.3) is 0 Å². The van der Waals surface area contributed by atoms with E-state index in [1.807, 2.05) is 4.57 Å². The highest BCUT2D eigenvalue weighted by Crippen LogP contribution is 2.43. The predicted octanol–water partition coefficient (Wildman–Crippen LogP) is 3.26. The summed E-state index contributed by atoms with van der Waals surface area (Å²) < 4.78 is 3.60. The summed E-state index contributed by atoms with van der Waals surface area (Å²) in [7, 11) is -3.75. The van der Waals surface area contributed by atoms with Gasteiger partial charge in [0.2, 0.25) is 11.8 Å². The standard InChI is InChI=1S/C10H19NO3Si.C10H21NO2Si/c1-10(2,3)15(4,5)11-7(9(13)14)6-8(11)12;1-10(2,3)14(4,5)11-8(7-12)6-9(11)13/h7H,6H2,1-5H3,(H,13,14);8,12H,6-7H2,1-5H3/t7-;8-/m00/s1. The summed E-state index contributed by atoms with van der Waals surface area (Å²) in [6.45, 7) is 21.4. The molecule has 2 atom stereocenters. The molecule has 0 aromatic heterocycles. The molecule has 168 valence electrons. The Bertz CT molecular complexity index is 665. The van der Waals surface area contributed by atoms with E-state index in [0.29, 0.717) is 6.42 Å². The molecule has 0 spiro atoms. The Morgan fingerprint density at radius 1 is 0.897 bits per heavy atom. The Balaban J connectivity index is 0.000000291. The van der Waals surface area contributed by atoms with E-state index in [-0.39, 0.29) is 41.0 Å². The van der Waals surface area contributed by atoms with Crippen molar-refractivity contribution in [2.75, 3.05) is 6.61 Å². The molecule has 0 aromatic rings. The molecule has 2 amide bonds. The van der Waals surface area contributed by atoms with Crippen molar-refractivity contribution in [2.45, 2.75) is 103 Å². The van der Waals surface area contributed by atoms with Crippen LogP contribution in [-0.4, -0.2) is 72.3 Å². The van der Waals surface area contributed by atoms with Gasteiger partial charge in [-0.25, -0.2) is 0 Å². The van der Waals surface area contributed by atoms with Crippen molar-refractivity contribution in [1.29, 1.82) is 0 Å². The van der Waals surface area contributed by atoms with Crippen LogP contribution < -0.4 is 0 Å². The van der Waals surface area contributed by atoms with E-state index in [0.717, 1.165) is 0 Å². The van der Waals surface area contributed by atoms with Gasteiger partial charge in [0.1, 0.15) is 6.04 Å². The molecule has 2 aliphatic rings. The maximum absolute atomic E-state index is 11.5. The number of aliphatic hydroxyl groups is 1. The van der Waals surface area contributed by atoms with Gasteiger partial charge in [0.25, 0.3) is 0 Å². The first kappa shape index (κ1) is 25.8. The number of aliphatic hydroxyl groups excluding tert-OH is 1. The second kappa shape index (κ2) is 8.15. The summed E-state index contributed by atoms with van der Waals surface area (Å²) in [4.78, 5) is 34.0. The number of β-lactam (4-membered cyclic amide) rings is 2. The van der Waals surface area contributed by atoms with Crippen LogP contribution in [0, 0.1) is 0 Å². The summed E-state index contributed by atoms with van der Waals surface area (Å²) in [5.74, 6) is -0.663. The molecule has 2 rings (SSSR count). The minimum absolute atomic E-state index is 0.00319. The topological polar surface area (TPSA) is 98.2 Å². The van der Waals surface area contributed by atoms with Crippen LogP contribution in [0.1, 0.15) is 54.4 Å². The average Bonchev–Trinajstić information content (AvgIpc) is 2.46. The van der Waals surface area contributed by atoms with Crippen LogP contribution in [0.5, 0.6) is 0 Å². The number of aliphatic carboxylic acids is 1. The van der Waals surface area contributed by atoms with Gasteiger partial charge in [0.05, 0.1) is 19.1 Å². The van der Waals surface area contributed by atoms with E-state index < -0.39 is 28.5 Å². The van der Waals surface area contributed by atoms with Gasteiger partial charge in [-0.05, 0) is 10.1 Å². The van der Waals surface area contributed by atoms with Crippen molar-refractivity contribution < 1.29 is 24.6 Å². The summed E-state index contributed by atoms with van der Waals surface area (Å²) in [5, 5.41) is 18.3. The minimum Gasteiger partial charge on any atom is -0.480 e. The smallest absolute Gasteiger partial charge is 0.326 e. The molecular weight excluding hydrogens is 404 g/mol. The highest BCUT2D eigenvalue weighted by atomic mass is 28.3. The van der Waals surface area contributed by atoms with E-state index in [2.05, 4.69) is 67.7 Å². The molecule has 2 N–H and O–H groups in total. The normalized spacial score (nSPS) is 23.1. The molecule has 0 radical (unpaired) electrons. The fraction of sp³-hybridized carbons (Fsp3) is 0.850. The van der Waals surface area contributed by atoms with Gasteiger partial charge in [-0.15, -0.1) is 0 Å². The molecule has 29 heavy (non-hydrogen) atoms. The minimum atomic E-state index is -2.01. The number of hydrogen-bond donors (Lipinski definition) is 2. The maximum Gasteiger partial charge on any atom is 0.326 e. The SMILES string of the molecule is CC(C)(C)[Si](C)(C)N1C(=O)C[C@H]1C(=O)O.CC(C)(C)[Si](C)(C)N1C(=O)C[C@H]1CO. The van der Waals surface area contributed by atoms with Crippen molar-refractivity contribution in [3.63, 3.8) is 0 Å². The van der Waals surface area contributed by atoms with Crippen molar-refractivity contribution >= 4 is 34.3 Å². The van der Waals surface area contributed by atoms with Gasteiger partial charge in [0, 0.05) is 6.42 Å². The largest absolute Gasteiger partial charge is 0.480 e. The van der Waals surface area contributed by atoms with E-state index in [4.69, 9.17) is 10.2 Å². The number of nitrogens with zero attached hydrogens (tertiary/aromatic N) is 2. The maximum atomic E-state index is 11.5. The van der Waals surface area contributed by atoms with Crippen LogP contribution in [-0.2, 0) is 14.4 Å². The van der Waals surface area contributed by atoms with Gasteiger partial charge < -0.3 is 19.3 Å². The Morgan fingerprint density at radius 3 is 1.55 bits per heavy atom. The molecule has 2 saturated heterocycles. The summed E-state index contributed by atoms with van der Waals surface area (Å²) in [6, 6.07) is -0.498. The fourth-order valence-corrected chi connectivity index (χ4v) is 8.38. The molecule has 0 aromatic carbocycles. The third-order valence-corrected chi connectivity index (χ3v) is 18.3. The lowest BCUT2D eigenvalue weighted by Crippen LogP contribution is -2.70. The van der Waals surface area contributed by atoms with E-state index in [9.17, 15) is 14.4 Å². The summed E-state index contributed by atoms with van der Waals surface area (Å²) >= 11 is 0. The van der Waals surface area contributed by atoms with Crippen LogP contribution in [0.15, 0.2) is 0 Å². The van der Waals surface area contributed by atoms with Gasteiger partial charge in [-0.3, -0.25) is 14.4 Å². The highest BCUT2D eigenvalue weighted by Gasteiger charge is 2.54. The predicted molar refractivity (Wildman–Crippen MR) is 120 cm³/mol. The molecule has 9 heteroatoms. The zero-order valence-electron chi connectivity index (χ0n) is 19.8. The number of carbonyl (C=O) groups is 3. The van der Waals surface area contributed by atoms with Gasteiger partial charge in [-0.1, -0.05) is 67.7 Å². The summed E-state index contributed by atoms with van der Waals surface area (Å²) in [5.41, 5.74) is 0. The molecule has 0 saturated carbocycles. The molecule has 2 aliphatic heterocycles. The van der Waals surface area contributed by atoms with Crippen LogP contribution in [0.2, 0.25) is 36.3 Å². The van der Waals surface area contributed by atoms with Crippen LogP contribution in [0.3, 0.4) is 0 Å². The molecule has 7 nitrogen and oxygen atoms in total. The lowest BCUT2D eigenvalue weighted by Gasteiger charge is -2.54. The van der Waals surface area contributed by atoms with E-state index in [1.165, 1.54) is 0 Å². The van der Waals surface area contributed by atoms with Gasteiger partial charge in [0.15, 0.2) is 16.5 Å². The quantitative estimate of drug-likeness (QED) is 0.512. The molecule has 0 aliphatic carbocycles. The fourth-order valence-electron chi connectivity index (χ4n) is 3.44. The Labute approximate surface area is 177 Å². The van der Waals surface area contributed by atoms with Gasteiger partial charge in [-0.2, -0.15) is 0 Å². The summed E-state index contributed by atoms with van der Waals surface area (Å²) in [6.07, 6.45) is 0.699. The monoisotopic (exact) mass is 444 g/mol. The Morgan fingerprint density at radius 2 is 1.28 bits per heavy atom. The highest BCUT2D eigenvalue weighted by molar-refractivity contribution is 6.80. The van der Waals surface area contributed by atoms with Crippen LogP contribution in [0.4, 0.5) is 0 Å². The number of amides is 2. The lowest BCUT2D eigenvalue weighted by molar-refractivity contribution is -0.156. The van der Waals surface area contributed by atoms with Gasteiger partial charge >= 0.3 is 5.97 Å².